The predicted octanol–water partition coefficient (Wildman–Crippen LogP) is 6.25. The number of terminal acetylenes is 1. The standard InChI is InChI=1S/C21H29NO2S.C2H2/c1-7-10-11-18-12-17(13-19(21(18)23)24-9-3)14-20(15(4)5)25-16(6)22-8-2;1-2/h7,12-14,23H,1,4,8-11H2,2-3,5-6H3;1-2H/b20-14-,22-16?;. The van der Waals surface area contributed by atoms with Crippen molar-refractivity contribution in [3.8, 4) is 24.3 Å². The summed E-state index contributed by atoms with van der Waals surface area (Å²) in [6.07, 6.45) is 13.4. The zero-order chi connectivity index (χ0) is 20.8. The predicted molar refractivity (Wildman–Crippen MR) is 122 cm³/mol. The van der Waals surface area contributed by atoms with E-state index >= 15 is 0 Å². The van der Waals surface area contributed by atoms with Gasteiger partial charge in [0, 0.05) is 11.4 Å². The van der Waals surface area contributed by atoms with Crippen molar-refractivity contribution in [2.24, 2.45) is 4.99 Å². The molecule has 0 aliphatic heterocycles. The molecule has 1 rings (SSSR count). The summed E-state index contributed by atoms with van der Waals surface area (Å²) in [7, 11) is 0. The highest BCUT2D eigenvalue weighted by Gasteiger charge is 2.11. The van der Waals surface area contributed by atoms with Gasteiger partial charge in [0.25, 0.3) is 0 Å². The van der Waals surface area contributed by atoms with Gasteiger partial charge in [-0.15, -0.1) is 19.4 Å². The molecule has 3 nitrogen and oxygen atoms in total. The highest BCUT2D eigenvalue weighted by atomic mass is 32.2. The molecule has 4 heteroatoms. The van der Waals surface area contributed by atoms with E-state index in [0.717, 1.165) is 46.0 Å². The molecule has 1 aromatic carbocycles. The van der Waals surface area contributed by atoms with E-state index in [9.17, 15) is 5.11 Å². The van der Waals surface area contributed by atoms with Gasteiger partial charge in [0.2, 0.25) is 0 Å². The summed E-state index contributed by atoms with van der Waals surface area (Å²) in [6, 6.07) is 3.86. The zero-order valence-electron chi connectivity index (χ0n) is 16.9. The topological polar surface area (TPSA) is 41.8 Å². The van der Waals surface area contributed by atoms with Gasteiger partial charge < -0.3 is 9.84 Å². The summed E-state index contributed by atoms with van der Waals surface area (Å²) >= 11 is 1.61. The van der Waals surface area contributed by atoms with Gasteiger partial charge in [0.1, 0.15) is 0 Å². The van der Waals surface area contributed by atoms with E-state index in [2.05, 4.69) is 37.1 Å². The van der Waals surface area contributed by atoms with Crippen LogP contribution in [-0.4, -0.2) is 23.3 Å². The van der Waals surface area contributed by atoms with Gasteiger partial charge in [-0.3, -0.25) is 4.99 Å². The van der Waals surface area contributed by atoms with Gasteiger partial charge in [0.05, 0.1) is 11.7 Å². The molecule has 0 amide bonds. The van der Waals surface area contributed by atoms with Crippen LogP contribution in [0, 0.1) is 12.8 Å². The van der Waals surface area contributed by atoms with Crippen LogP contribution >= 0.6 is 11.8 Å². The molecule has 0 saturated carbocycles. The molecular formula is C23H31NO2S. The fraction of sp³-hybridized carbons (Fsp3) is 0.348. The van der Waals surface area contributed by atoms with Crippen molar-refractivity contribution in [2.75, 3.05) is 13.2 Å². The quantitative estimate of drug-likeness (QED) is 0.180. The van der Waals surface area contributed by atoms with Gasteiger partial charge in [-0.05, 0) is 75.4 Å². The molecule has 146 valence electrons. The van der Waals surface area contributed by atoms with E-state index < -0.39 is 0 Å². The summed E-state index contributed by atoms with van der Waals surface area (Å²) < 4.78 is 5.60. The highest BCUT2D eigenvalue weighted by molar-refractivity contribution is 8.17. The SMILES string of the molecule is C#C.C=CCCc1cc(/C=C(\SC(C)=NCC)C(=C)C)cc(OCC)c1O. The first-order valence-corrected chi connectivity index (χ1v) is 9.73. The Balaban J connectivity index is 0.00000326. The molecule has 1 aromatic rings. The minimum Gasteiger partial charge on any atom is -0.504 e. The summed E-state index contributed by atoms with van der Waals surface area (Å²) in [5, 5.41) is 11.4. The number of aromatic hydroxyl groups is 1. The van der Waals surface area contributed by atoms with Gasteiger partial charge >= 0.3 is 0 Å². The van der Waals surface area contributed by atoms with E-state index in [1.54, 1.807) is 11.8 Å². The van der Waals surface area contributed by atoms with Gasteiger partial charge in [-0.2, -0.15) is 0 Å². The lowest BCUT2D eigenvalue weighted by Gasteiger charge is -2.13. The Morgan fingerprint density at radius 3 is 2.48 bits per heavy atom. The normalized spacial score (nSPS) is 11.3. The third-order valence-corrected chi connectivity index (χ3v) is 4.56. The Kier molecular flexibility index (Phi) is 12.6. The summed E-state index contributed by atoms with van der Waals surface area (Å²) in [5.41, 5.74) is 2.83. The number of allylic oxidation sites excluding steroid dienone is 2. The third kappa shape index (κ3) is 8.70. The second kappa shape index (κ2) is 13.8. The van der Waals surface area contributed by atoms with E-state index in [4.69, 9.17) is 4.74 Å². The fourth-order valence-corrected chi connectivity index (χ4v) is 3.17. The Morgan fingerprint density at radius 1 is 1.30 bits per heavy atom. The number of hydrogen-bond acceptors (Lipinski definition) is 4. The van der Waals surface area contributed by atoms with Crippen molar-refractivity contribution in [1.29, 1.82) is 0 Å². The molecular weight excluding hydrogens is 354 g/mol. The van der Waals surface area contributed by atoms with Crippen LogP contribution in [0.15, 0.2) is 46.8 Å². The minimum absolute atomic E-state index is 0.217. The number of nitrogens with zero attached hydrogens (tertiary/aromatic N) is 1. The number of rotatable bonds is 9. The second-order valence-corrected chi connectivity index (χ2v) is 6.91. The number of ether oxygens (including phenoxy) is 1. The van der Waals surface area contributed by atoms with Crippen molar-refractivity contribution < 1.29 is 9.84 Å². The van der Waals surface area contributed by atoms with Crippen LogP contribution in [0.1, 0.15) is 45.2 Å². The maximum atomic E-state index is 10.4. The van der Waals surface area contributed by atoms with Gasteiger partial charge in [-0.1, -0.05) is 24.4 Å². The number of aryl methyl sites for hydroxylation is 1. The Hall–Kier alpha value is -2.38. The molecule has 0 atom stereocenters. The minimum atomic E-state index is 0.217. The second-order valence-electron chi connectivity index (χ2n) is 5.67. The molecule has 0 aliphatic carbocycles. The molecule has 0 heterocycles. The van der Waals surface area contributed by atoms with Crippen molar-refractivity contribution in [3.63, 3.8) is 0 Å². The van der Waals surface area contributed by atoms with Gasteiger partial charge in [0.15, 0.2) is 11.5 Å². The number of benzene rings is 1. The van der Waals surface area contributed by atoms with Crippen LogP contribution in [-0.2, 0) is 6.42 Å². The van der Waals surface area contributed by atoms with E-state index in [1.165, 1.54) is 0 Å². The maximum absolute atomic E-state index is 10.4. The fourth-order valence-electron chi connectivity index (χ4n) is 2.29. The molecule has 0 aromatic heterocycles. The Bertz CT molecular complexity index is 715. The highest BCUT2D eigenvalue weighted by Crippen LogP contribution is 2.35. The first-order chi connectivity index (χ1) is 12.9. The molecule has 27 heavy (non-hydrogen) atoms. The molecule has 0 radical (unpaired) electrons. The van der Waals surface area contributed by atoms with Crippen molar-refractivity contribution >= 4 is 22.9 Å². The lowest BCUT2D eigenvalue weighted by Crippen LogP contribution is -1.96. The molecule has 0 spiro atoms. The van der Waals surface area contributed by atoms with Gasteiger partial charge in [-0.25, -0.2) is 0 Å². The smallest absolute Gasteiger partial charge is 0.161 e. The third-order valence-electron chi connectivity index (χ3n) is 3.45. The van der Waals surface area contributed by atoms with Crippen LogP contribution in [0.25, 0.3) is 6.08 Å². The lowest BCUT2D eigenvalue weighted by atomic mass is 10.0. The van der Waals surface area contributed by atoms with E-state index in [1.807, 2.05) is 45.9 Å². The average Bonchev–Trinajstić information content (AvgIpc) is 2.64. The van der Waals surface area contributed by atoms with E-state index in [-0.39, 0.29) is 5.75 Å². The molecule has 0 bridgehead atoms. The van der Waals surface area contributed by atoms with Crippen LogP contribution in [0.5, 0.6) is 11.5 Å². The first-order valence-electron chi connectivity index (χ1n) is 8.92. The van der Waals surface area contributed by atoms with Crippen LogP contribution < -0.4 is 4.74 Å². The Labute approximate surface area is 168 Å². The van der Waals surface area contributed by atoms with Crippen LogP contribution in [0.3, 0.4) is 0 Å². The van der Waals surface area contributed by atoms with Crippen LogP contribution in [0.4, 0.5) is 0 Å². The number of phenols is 1. The molecule has 0 unspecified atom stereocenters. The van der Waals surface area contributed by atoms with Crippen LogP contribution in [0.2, 0.25) is 0 Å². The molecule has 1 N–H and O–H groups in total. The number of thioether (sulfide) groups is 1. The summed E-state index contributed by atoms with van der Waals surface area (Å²) in [5.74, 6) is 0.731. The monoisotopic (exact) mass is 385 g/mol. The largest absolute Gasteiger partial charge is 0.504 e. The molecule has 0 aliphatic rings. The first kappa shape index (κ1) is 24.6. The summed E-state index contributed by atoms with van der Waals surface area (Å²) in [6.45, 7) is 17.0. The number of hydrogen-bond donors (Lipinski definition) is 1. The van der Waals surface area contributed by atoms with E-state index in [0.29, 0.717) is 12.4 Å². The Morgan fingerprint density at radius 2 is 1.96 bits per heavy atom. The molecule has 0 fully saturated rings. The zero-order valence-corrected chi connectivity index (χ0v) is 17.7. The number of phenolic OH excluding ortho intramolecular Hbond substituents is 1. The number of aliphatic imine (C=N–C) groups is 1. The summed E-state index contributed by atoms with van der Waals surface area (Å²) in [4.78, 5) is 5.48. The lowest BCUT2D eigenvalue weighted by molar-refractivity contribution is 0.316. The average molecular weight is 386 g/mol. The maximum Gasteiger partial charge on any atom is 0.161 e. The van der Waals surface area contributed by atoms with Crippen molar-refractivity contribution in [2.45, 2.75) is 40.5 Å². The van der Waals surface area contributed by atoms with Crippen molar-refractivity contribution in [3.05, 3.63) is 53.0 Å². The van der Waals surface area contributed by atoms with Crippen molar-refractivity contribution in [1.82, 2.24) is 0 Å². The molecule has 0 saturated heterocycles.